The number of esters is 2. The van der Waals surface area contributed by atoms with Crippen LogP contribution in [0.4, 0.5) is 0 Å². The fraction of sp³-hybridized carbons (Fsp3) is 0.200. The van der Waals surface area contributed by atoms with Crippen molar-refractivity contribution in [1.82, 2.24) is 0 Å². The molecule has 1 saturated heterocycles. The number of aliphatic hydroxyl groups excluding tert-OH is 1. The molecule has 1 aliphatic heterocycles. The number of cyclic esters (lactones) is 2. The van der Waals surface area contributed by atoms with E-state index in [1.807, 2.05) is 42.5 Å². The van der Waals surface area contributed by atoms with Gasteiger partial charge in [-0.25, -0.2) is 9.59 Å². The number of hydrogen-bond donors (Lipinski definition) is 1. The fourth-order valence-corrected chi connectivity index (χ4v) is 2.66. The molecular formula is C20H18O5. The summed E-state index contributed by atoms with van der Waals surface area (Å²) in [5.74, 6) is -2.68. The molecule has 1 N–H and O–H groups in total. The normalized spacial score (nSPS) is 16.2. The molecule has 1 heterocycles. The van der Waals surface area contributed by atoms with E-state index >= 15 is 0 Å². The van der Waals surface area contributed by atoms with Gasteiger partial charge in [-0.2, -0.15) is 0 Å². The van der Waals surface area contributed by atoms with Crippen LogP contribution in [0.25, 0.3) is 17.2 Å². The Morgan fingerprint density at radius 1 is 1.00 bits per heavy atom. The monoisotopic (exact) mass is 338 g/mol. The summed E-state index contributed by atoms with van der Waals surface area (Å²) in [6.45, 7) is 2.95. The standard InChI is InChI=1S/C20H18O5/c1-20(2)24-18(22)17(19(23)25-20)11-15-7-3-4-9-16(15)14-8-5-6-13(10-14)12-21/h3-11,21H,12H2,1-2H3. The SMILES string of the molecule is CC1(C)OC(=O)C(=Cc2ccccc2-c2cccc(CO)c2)C(=O)O1. The van der Waals surface area contributed by atoms with Crippen LogP contribution in [0.3, 0.4) is 0 Å². The van der Waals surface area contributed by atoms with Crippen molar-refractivity contribution >= 4 is 18.0 Å². The van der Waals surface area contributed by atoms with Crippen LogP contribution in [0.2, 0.25) is 0 Å². The van der Waals surface area contributed by atoms with Crippen LogP contribution in [0, 0.1) is 0 Å². The molecule has 0 spiro atoms. The van der Waals surface area contributed by atoms with Gasteiger partial charge < -0.3 is 14.6 Å². The van der Waals surface area contributed by atoms with Crippen molar-refractivity contribution in [2.24, 2.45) is 0 Å². The molecule has 0 amide bonds. The van der Waals surface area contributed by atoms with Gasteiger partial charge in [-0.05, 0) is 34.4 Å². The molecule has 0 saturated carbocycles. The van der Waals surface area contributed by atoms with E-state index in [9.17, 15) is 14.7 Å². The summed E-state index contributed by atoms with van der Waals surface area (Å²) in [5, 5.41) is 9.32. The third kappa shape index (κ3) is 3.61. The van der Waals surface area contributed by atoms with Gasteiger partial charge in [-0.1, -0.05) is 42.5 Å². The molecule has 0 atom stereocenters. The second kappa shape index (κ2) is 6.53. The summed E-state index contributed by atoms with van der Waals surface area (Å²) in [5.41, 5.74) is 3.01. The zero-order valence-corrected chi connectivity index (χ0v) is 14.0. The lowest BCUT2D eigenvalue weighted by Gasteiger charge is -2.29. The first-order valence-corrected chi connectivity index (χ1v) is 7.87. The smallest absolute Gasteiger partial charge is 0.348 e. The summed E-state index contributed by atoms with van der Waals surface area (Å²) in [4.78, 5) is 24.3. The molecule has 5 heteroatoms. The summed E-state index contributed by atoms with van der Waals surface area (Å²) >= 11 is 0. The first-order chi connectivity index (χ1) is 11.9. The fourth-order valence-electron chi connectivity index (χ4n) is 2.66. The predicted octanol–water partition coefficient (Wildman–Crippen LogP) is 3.07. The highest BCUT2D eigenvalue weighted by molar-refractivity contribution is 6.19. The lowest BCUT2D eigenvalue weighted by molar-refractivity contribution is -0.222. The highest BCUT2D eigenvalue weighted by Gasteiger charge is 2.38. The van der Waals surface area contributed by atoms with Gasteiger partial charge in [0.1, 0.15) is 5.57 Å². The Labute approximate surface area is 145 Å². The molecule has 5 nitrogen and oxygen atoms in total. The van der Waals surface area contributed by atoms with E-state index in [0.717, 1.165) is 16.7 Å². The van der Waals surface area contributed by atoms with E-state index in [4.69, 9.17) is 9.47 Å². The molecule has 0 aliphatic carbocycles. The molecule has 25 heavy (non-hydrogen) atoms. The average Bonchev–Trinajstić information content (AvgIpc) is 2.58. The van der Waals surface area contributed by atoms with Gasteiger partial charge in [-0.3, -0.25) is 0 Å². The van der Waals surface area contributed by atoms with Crippen LogP contribution < -0.4 is 0 Å². The molecule has 128 valence electrons. The molecular weight excluding hydrogens is 320 g/mol. The minimum atomic E-state index is -1.26. The number of rotatable bonds is 3. The van der Waals surface area contributed by atoms with Crippen LogP contribution in [-0.4, -0.2) is 22.8 Å². The van der Waals surface area contributed by atoms with E-state index in [-0.39, 0.29) is 12.2 Å². The highest BCUT2D eigenvalue weighted by Crippen LogP contribution is 2.29. The van der Waals surface area contributed by atoms with Gasteiger partial charge in [0, 0.05) is 13.8 Å². The van der Waals surface area contributed by atoms with Gasteiger partial charge in [0.25, 0.3) is 5.79 Å². The Balaban J connectivity index is 2.04. The molecule has 0 radical (unpaired) electrons. The predicted molar refractivity (Wildman–Crippen MR) is 92.0 cm³/mol. The molecule has 2 aromatic rings. The number of carbonyl (C=O) groups excluding carboxylic acids is 2. The van der Waals surface area contributed by atoms with Crippen molar-refractivity contribution in [2.75, 3.05) is 0 Å². The van der Waals surface area contributed by atoms with E-state index < -0.39 is 17.7 Å². The topological polar surface area (TPSA) is 72.8 Å². The van der Waals surface area contributed by atoms with Gasteiger partial charge in [0.2, 0.25) is 0 Å². The van der Waals surface area contributed by atoms with Crippen LogP contribution in [0.1, 0.15) is 25.0 Å². The Morgan fingerprint density at radius 3 is 2.36 bits per heavy atom. The van der Waals surface area contributed by atoms with Crippen molar-refractivity contribution in [3.05, 3.63) is 65.2 Å². The maximum atomic E-state index is 12.1. The summed E-state index contributed by atoms with van der Waals surface area (Å²) in [7, 11) is 0. The quantitative estimate of drug-likeness (QED) is 0.529. The molecule has 0 bridgehead atoms. The van der Waals surface area contributed by atoms with Crippen molar-refractivity contribution < 1.29 is 24.2 Å². The van der Waals surface area contributed by atoms with Crippen molar-refractivity contribution in [3.63, 3.8) is 0 Å². The molecule has 2 aromatic carbocycles. The molecule has 0 unspecified atom stereocenters. The van der Waals surface area contributed by atoms with E-state index in [1.165, 1.54) is 19.9 Å². The largest absolute Gasteiger partial charge is 0.419 e. The first kappa shape index (κ1) is 16.9. The first-order valence-electron chi connectivity index (χ1n) is 7.87. The minimum Gasteiger partial charge on any atom is -0.419 e. The Bertz CT molecular complexity index is 842. The molecule has 1 fully saturated rings. The maximum absolute atomic E-state index is 12.1. The van der Waals surface area contributed by atoms with E-state index in [2.05, 4.69) is 0 Å². The number of aliphatic hydroxyl groups is 1. The Morgan fingerprint density at radius 2 is 1.68 bits per heavy atom. The van der Waals surface area contributed by atoms with Crippen LogP contribution >= 0.6 is 0 Å². The van der Waals surface area contributed by atoms with Gasteiger partial charge in [-0.15, -0.1) is 0 Å². The zero-order valence-electron chi connectivity index (χ0n) is 14.0. The van der Waals surface area contributed by atoms with Crippen LogP contribution in [0.5, 0.6) is 0 Å². The number of carbonyl (C=O) groups is 2. The third-order valence-corrected chi connectivity index (χ3v) is 3.80. The summed E-state index contributed by atoms with van der Waals surface area (Å²) in [6.07, 6.45) is 1.47. The number of hydrogen-bond acceptors (Lipinski definition) is 5. The lowest BCUT2D eigenvalue weighted by Crippen LogP contribution is -2.41. The summed E-state index contributed by atoms with van der Waals surface area (Å²) < 4.78 is 10.3. The van der Waals surface area contributed by atoms with E-state index in [1.54, 1.807) is 6.07 Å². The Kier molecular flexibility index (Phi) is 4.42. The Hall–Kier alpha value is -2.92. The summed E-state index contributed by atoms with van der Waals surface area (Å²) in [6, 6.07) is 14.8. The van der Waals surface area contributed by atoms with Gasteiger partial charge >= 0.3 is 11.9 Å². The van der Waals surface area contributed by atoms with Crippen molar-refractivity contribution in [1.29, 1.82) is 0 Å². The number of ether oxygens (including phenoxy) is 2. The zero-order chi connectivity index (χ0) is 18.0. The highest BCUT2D eigenvalue weighted by atomic mass is 16.7. The van der Waals surface area contributed by atoms with Gasteiger partial charge in [0.15, 0.2) is 0 Å². The average molecular weight is 338 g/mol. The van der Waals surface area contributed by atoms with Crippen LogP contribution in [-0.2, 0) is 25.7 Å². The van der Waals surface area contributed by atoms with Crippen molar-refractivity contribution in [2.45, 2.75) is 26.2 Å². The van der Waals surface area contributed by atoms with Crippen molar-refractivity contribution in [3.8, 4) is 11.1 Å². The number of benzene rings is 2. The molecule has 0 aromatic heterocycles. The lowest BCUT2D eigenvalue weighted by atomic mass is 9.96. The second-order valence-electron chi connectivity index (χ2n) is 6.18. The van der Waals surface area contributed by atoms with E-state index in [0.29, 0.717) is 5.56 Å². The molecule has 3 rings (SSSR count). The second-order valence-corrected chi connectivity index (χ2v) is 6.18. The third-order valence-electron chi connectivity index (χ3n) is 3.80. The minimum absolute atomic E-state index is 0.0647. The van der Waals surface area contributed by atoms with Gasteiger partial charge in [0.05, 0.1) is 6.61 Å². The van der Waals surface area contributed by atoms with Crippen LogP contribution in [0.15, 0.2) is 54.1 Å². The molecule has 1 aliphatic rings. The maximum Gasteiger partial charge on any atom is 0.348 e.